The van der Waals surface area contributed by atoms with Crippen LogP contribution in [0.3, 0.4) is 0 Å². The highest BCUT2D eigenvalue weighted by molar-refractivity contribution is 7.09. The number of hydrogen-bond donors (Lipinski definition) is 1. The molecule has 30 heavy (non-hydrogen) atoms. The van der Waals surface area contributed by atoms with Crippen LogP contribution < -0.4 is 5.32 Å². The lowest BCUT2D eigenvalue weighted by Crippen LogP contribution is -2.64. The molecule has 2 aliphatic rings. The summed E-state index contributed by atoms with van der Waals surface area (Å²) in [6, 6.07) is 7.84. The van der Waals surface area contributed by atoms with E-state index in [0.29, 0.717) is 24.4 Å². The first-order chi connectivity index (χ1) is 14.6. The van der Waals surface area contributed by atoms with Gasteiger partial charge >= 0.3 is 0 Å². The van der Waals surface area contributed by atoms with Gasteiger partial charge in [0.15, 0.2) is 5.58 Å². The minimum absolute atomic E-state index is 0.0599. The maximum absolute atomic E-state index is 13.7. The van der Waals surface area contributed by atoms with Crippen molar-refractivity contribution in [3.8, 4) is 0 Å². The number of nitrogens with one attached hydrogen (secondary N) is 1. The predicted octanol–water partition coefficient (Wildman–Crippen LogP) is 4.55. The Morgan fingerprint density at radius 3 is 2.80 bits per heavy atom. The van der Waals surface area contributed by atoms with Gasteiger partial charge in [0.05, 0.1) is 24.9 Å². The SMILES string of the molecule is C[C@@]1(C(=O)NC2CCCCCC2)Cn2c(cc3occc32)C(=O)N1Cc1cccs1. The maximum Gasteiger partial charge on any atom is 0.271 e. The molecule has 158 valence electrons. The van der Waals surface area contributed by atoms with E-state index in [1.165, 1.54) is 12.8 Å². The van der Waals surface area contributed by atoms with Crippen LogP contribution >= 0.6 is 11.3 Å². The first-order valence-electron chi connectivity index (χ1n) is 10.8. The molecule has 2 amide bonds. The van der Waals surface area contributed by atoms with Crippen LogP contribution in [0.5, 0.6) is 0 Å². The van der Waals surface area contributed by atoms with Crippen molar-refractivity contribution in [2.24, 2.45) is 0 Å². The quantitative estimate of drug-likeness (QED) is 0.624. The van der Waals surface area contributed by atoms with Gasteiger partial charge in [0.25, 0.3) is 5.91 Å². The number of carbonyl (C=O) groups is 2. The van der Waals surface area contributed by atoms with E-state index in [0.717, 1.165) is 36.1 Å². The normalized spacial score (nSPS) is 22.8. The van der Waals surface area contributed by atoms with E-state index < -0.39 is 5.54 Å². The van der Waals surface area contributed by atoms with E-state index in [9.17, 15) is 9.59 Å². The fraction of sp³-hybridized carbons (Fsp3) is 0.478. The summed E-state index contributed by atoms with van der Waals surface area (Å²) in [6.07, 6.45) is 8.43. The second-order valence-electron chi connectivity index (χ2n) is 8.69. The first-order valence-corrected chi connectivity index (χ1v) is 11.7. The zero-order chi connectivity index (χ0) is 20.7. The van der Waals surface area contributed by atoms with E-state index in [2.05, 4.69) is 5.32 Å². The Kier molecular flexibility index (Phi) is 4.93. The lowest BCUT2D eigenvalue weighted by atomic mass is 9.93. The Labute approximate surface area is 179 Å². The molecule has 4 heterocycles. The largest absolute Gasteiger partial charge is 0.463 e. The van der Waals surface area contributed by atoms with Gasteiger partial charge in [-0.25, -0.2) is 0 Å². The number of thiophene rings is 1. The molecule has 1 aliphatic carbocycles. The minimum atomic E-state index is -0.969. The average molecular weight is 426 g/mol. The van der Waals surface area contributed by atoms with Gasteiger partial charge in [-0.2, -0.15) is 0 Å². The summed E-state index contributed by atoms with van der Waals surface area (Å²) in [5, 5.41) is 5.30. The van der Waals surface area contributed by atoms with E-state index in [-0.39, 0.29) is 17.9 Å². The Hall–Kier alpha value is -2.54. The topological polar surface area (TPSA) is 67.5 Å². The van der Waals surface area contributed by atoms with Gasteiger partial charge in [0.1, 0.15) is 11.2 Å². The first kappa shape index (κ1) is 19.4. The van der Waals surface area contributed by atoms with Gasteiger partial charge in [-0.15, -0.1) is 11.3 Å². The third-order valence-electron chi connectivity index (χ3n) is 6.62. The Morgan fingerprint density at radius 1 is 1.27 bits per heavy atom. The van der Waals surface area contributed by atoms with Crippen molar-refractivity contribution >= 4 is 34.3 Å². The molecular formula is C23H27N3O3S. The molecule has 0 radical (unpaired) electrons. The summed E-state index contributed by atoms with van der Waals surface area (Å²) in [5.41, 5.74) is 1.16. The van der Waals surface area contributed by atoms with Crippen molar-refractivity contribution in [3.63, 3.8) is 0 Å². The van der Waals surface area contributed by atoms with E-state index >= 15 is 0 Å². The van der Waals surface area contributed by atoms with E-state index in [1.807, 2.05) is 35.1 Å². The lowest BCUT2D eigenvalue weighted by Gasteiger charge is -2.44. The van der Waals surface area contributed by atoms with Crippen molar-refractivity contribution in [3.05, 3.63) is 46.5 Å². The number of aromatic nitrogens is 1. The summed E-state index contributed by atoms with van der Waals surface area (Å²) in [4.78, 5) is 30.0. The lowest BCUT2D eigenvalue weighted by molar-refractivity contribution is -0.134. The number of fused-ring (bicyclic) bond motifs is 3. The number of carbonyl (C=O) groups excluding carboxylic acids is 2. The molecule has 6 nitrogen and oxygen atoms in total. The standard InChI is InChI=1S/C23H27N3O3S/c1-23(22(28)24-16-7-4-2-3-5-8-16)15-25-18-10-11-29-20(18)13-19(25)21(27)26(23)14-17-9-6-12-30-17/h6,9-13,16H,2-5,7-8,14-15H2,1H3,(H,24,28)/t23-/m0/s1. The number of hydrogen-bond acceptors (Lipinski definition) is 4. The second-order valence-corrected chi connectivity index (χ2v) is 9.72. The summed E-state index contributed by atoms with van der Waals surface area (Å²) in [5.74, 6) is -0.185. The van der Waals surface area contributed by atoms with Crippen LogP contribution in [0.15, 0.2) is 40.3 Å². The van der Waals surface area contributed by atoms with Crippen molar-refractivity contribution in [2.45, 2.75) is 70.1 Å². The summed E-state index contributed by atoms with van der Waals surface area (Å²) >= 11 is 1.61. The summed E-state index contributed by atoms with van der Waals surface area (Å²) in [6.45, 7) is 2.75. The smallest absolute Gasteiger partial charge is 0.271 e. The molecule has 1 atom stereocenters. The highest BCUT2D eigenvalue weighted by Gasteiger charge is 2.48. The number of amides is 2. The molecule has 3 aromatic heterocycles. The fourth-order valence-corrected chi connectivity index (χ4v) is 5.54. The Morgan fingerprint density at radius 2 is 2.07 bits per heavy atom. The van der Waals surface area contributed by atoms with E-state index in [4.69, 9.17) is 4.42 Å². The van der Waals surface area contributed by atoms with Crippen LogP contribution in [0.1, 0.15) is 60.8 Å². The van der Waals surface area contributed by atoms with Crippen molar-refractivity contribution in [1.29, 1.82) is 0 Å². The van der Waals surface area contributed by atoms with Gasteiger partial charge in [-0.05, 0) is 31.2 Å². The number of rotatable bonds is 4. The number of furan rings is 1. The van der Waals surface area contributed by atoms with Crippen LogP contribution in [-0.2, 0) is 17.9 Å². The highest BCUT2D eigenvalue weighted by Crippen LogP contribution is 2.34. The molecular weight excluding hydrogens is 398 g/mol. The molecule has 7 heteroatoms. The maximum atomic E-state index is 13.7. The van der Waals surface area contributed by atoms with Gasteiger partial charge in [0.2, 0.25) is 5.91 Å². The zero-order valence-corrected chi connectivity index (χ0v) is 18.0. The zero-order valence-electron chi connectivity index (χ0n) is 17.2. The van der Waals surface area contributed by atoms with Crippen LogP contribution in [0.4, 0.5) is 0 Å². The minimum Gasteiger partial charge on any atom is -0.463 e. The summed E-state index contributed by atoms with van der Waals surface area (Å²) in [7, 11) is 0. The van der Waals surface area contributed by atoms with Gasteiger partial charge < -0.3 is 19.2 Å². The van der Waals surface area contributed by atoms with Gasteiger partial charge in [-0.1, -0.05) is 31.7 Å². The average Bonchev–Trinajstić information content (AvgIpc) is 3.42. The molecule has 0 unspecified atom stereocenters. The molecule has 0 saturated heterocycles. The molecule has 1 fully saturated rings. The molecule has 1 aliphatic heterocycles. The monoisotopic (exact) mass is 425 g/mol. The molecule has 0 aromatic carbocycles. The molecule has 3 aromatic rings. The Bertz CT molecular complexity index is 1060. The molecule has 0 bridgehead atoms. The van der Waals surface area contributed by atoms with Crippen LogP contribution in [-0.4, -0.2) is 32.9 Å². The molecule has 0 spiro atoms. The van der Waals surface area contributed by atoms with Crippen molar-refractivity contribution in [2.75, 3.05) is 0 Å². The molecule has 1 saturated carbocycles. The van der Waals surface area contributed by atoms with Crippen LogP contribution in [0.2, 0.25) is 0 Å². The molecule has 5 rings (SSSR count). The van der Waals surface area contributed by atoms with Crippen molar-refractivity contribution in [1.82, 2.24) is 14.8 Å². The Balaban J connectivity index is 1.51. The molecule has 1 N–H and O–H groups in total. The fourth-order valence-electron chi connectivity index (χ4n) is 4.84. The van der Waals surface area contributed by atoms with E-state index in [1.54, 1.807) is 28.6 Å². The second kappa shape index (κ2) is 7.61. The number of nitrogens with zero attached hydrogens (tertiary/aromatic N) is 2. The third kappa shape index (κ3) is 3.25. The predicted molar refractivity (Wildman–Crippen MR) is 116 cm³/mol. The van der Waals surface area contributed by atoms with Crippen LogP contribution in [0.25, 0.3) is 11.1 Å². The third-order valence-corrected chi connectivity index (χ3v) is 7.48. The van der Waals surface area contributed by atoms with Crippen LogP contribution in [0, 0.1) is 0 Å². The van der Waals surface area contributed by atoms with Gasteiger partial charge in [0, 0.05) is 23.1 Å². The van der Waals surface area contributed by atoms with Gasteiger partial charge in [-0.3, -0.25) is 9.59 Å². The summed E-state index contributed by atoms with van der Waals surface area (Å²) < 4.78 is 7.48. The van der Waals surface area contributed by atoms with Crippen molar-refractivity contribution < 1.29 is 14.0 Å². The highest BCUT2D eigenvalue weighted by atomic mass is 32.1.